The Kier molecular flexibility index (Phi) is 5.61. The summed E-state index contributed by atoms with van der Waals surface area (Å²) in [5, 5.41) is 4.85. The number of furan rings is 1. The Hall–Kier alpha value is -3.81. The van der Waals surface area contributed by atoms with Gasteiger partial charge in [0.15, 0.2) is 6.10 Å². The highest BCUT2D eigenvalue weighted by molar-refractivity contribution is 6.08. The summed E-state index contributed by atoms with van der Waals surface area (Å²) in [6.07, 6.45) is -4.62. The van der Waals surface area contributed by atoms with Gasteiger partial charge < -0.3 is 14.5 Å². The van der Waals surface area contributed by atoms with Crippen molar-refractivity contribution in [3.05, 3.63) is 78.1 Å². The van der Waals surface area contributed by atoms with Crippen molar-refractivity contribution in [1.82, 2.24) is 0 Å². The second kappa shape index (κ2) is 8.37. The van der Waals surface area contributed by atoms with Crippen LogP contribution in [0.5, 0.6) is 0 Å². The first-order chi connectivity index (χ1) is 15.2. The molecule has 164 valence electrons. The molecule has 0 saturated carbocycles. The Morgan fingerprint density at radius 3 is 2.53 bits per heavy atom. The molecule has 1 unspecified atom stereocenters. The highest BCUT2D eigenvalue weighted by atomic mass is 19.4. The predicted octanol–water partition coefficient (Wildman–Crippen LogP) is 5.72. The minimum Gasteiger partial charge on any atom is -0.464 e. The van der Waals surface area contributed by atoms with E-state index >= 15 is 0 Å². The summed E-state index contributed by atoms with van der Waals surface area (Å²) in [6.45, 7) is 1.30. The Morgan fingerprint density at radius 1 is 1.03 bits per heavy atom. The van der Waals surface area contributed by atoms with Gasteiger partial charge in [-0.2, -0.15) is 13.2 Å². The Bertz CT molecular complexity index is 1310. The molecule has 1 atom stereocenters. The maximum Gasteiger partial charge on any atom is 0.418 e. The van der Waals surface area contributed by atoms with Gasteiger partial charge >= 0.3 is 12.1 Å². The second-order valence-electron chi connectivity index (χ2n) is 7.26. The highest BCUT2D eigenvalue weighted by Gasteiger charge is 2.34. The number of amides is 1. The standard InChI is InChI=1S/C24H18F3NO4/c1-14(23(30)28-19-9-5-4-8-18(19)24(25,26)27)32-21(29)12-16-13-31-20-11-10-15-6-2-3-7-17(15)22(16)20/h2-11,13-14H,12H2,1H3,(H,28,30). The number of halogens is 3. The number of hydrogen-bond acceptors (Lipinski definition) is 4. The molecular weight excluding hydrogens is 423 g/mol. The minimum atomic E-state index is -4.63. The van der Waals surface area contributed by atoms with Crippen LogP contribution in [-0.4, -0.2) is 18.0 Å². The number of anilines is 1. The summed E-state index contributed by atoms with van der Waals surface area (Å²) in [6, 6.07) is 15.9. The molecule has 4 aromatic rings. The van der Waals surface area contributed by atoms with E-state index in [0.717, 1.165) is 28.3 Å². The summed E-state index contributed by atoms with van der Waals surface area (Å²) in [4.78, 5) is 24.8. The van der Waals surface area contributed by atoms with Gasteiger partial charge in [0.1, 0.15) is 5.58 Å². The quantitative estimate of drug-likeness (QED) is 0.403. The lowest BCUT2D eigenvalue weighted by molar-refractivity contribution is -0.152. The van der Waals surface area contributed by atoms with Crippen LogP contribution >= 0.6 is 0 Å². The lowest BCUT2D eigenvalue weighted by Crippen LogP contribution is -2.31. The maximum atomic E-state index is 13.1. The van der Waals surface area contributed by atoms with E-state index in [4.69, 9.17) is 9.15 Å². The monoisotopic (exact) mass is 441 g/mol. The van der Waals surface area contributed by atoms with Crippen LogP contribution in [0, 0.1) is 0 Å². The molecule has 8 heteroatoms. The van der Waals surface area contributed by atoms with E-state index in [0.29, 0.717) is 11.1 Å². The zero-order valence-electron chi connectivity index (χ0n) is 16.9. The molecule has 5 nitrogen and oxygen atoms in total. The molecule has 1 amide bonds. The topological polar surface area (TPSA) is 68.5 Å². The molecule has 3 aromatic carbocycles. The predicted molar refractivity (Wildman–Crippen MR) is 113 cm³/mol. The average Bonchev–Trinajstić information content (AvgIpc) is 3.16. The van der Waals surface area contributed by atoms with Crippen molar-refractivity contribution in [3.63, 3.8) is 0 Å². The lowest BCUT2D eigenvalue weighted by atomic mass is 10.0. The van der Waals surface area contributed by atoms with Gasteiger partial charge in [-0.3, -0.25) is 9.59 Å². The van der Waals surface area contributed by atoms with Crippen molar-refractivity contribution in [3.8, 4) is 0 Å². The summed E-state index contributed by atoms with van der Waals surface area (Å²) < 4.78 is 50.1. The third-order valence-corrected chi connectivity index (χ3v) is 5.04. The largest absolute Gasteiger partial charge is 0.464 e. The van der Waals surface area contributed by atoms with Crippen LogP contribution in [0.2, 0.25) is 0 Å². The molecule has 0 aliphatic carbocycles. The fourth-order valence-corrected chi connectivity index (χ4v) is 3.53. The maximum absolute atomic E-state index is 13.1. The highest BCUT2D eigenvalue weighted by Crippen LogP contribution is 2.34. The summed E-state index contributed by atoms with van der Waals surface area (Å²) >= 11 is 0. The van der Waals surface area contributed by atoms with Gasteiger partial charge in [-0.25, -0.2) is 0 Å². The lowest BCUT2D eigenvalue weighted by Gasteiger charge is -2.16. The molecule has 0 radical (unpaired) electrons. The Labute approximate surface area is 180 Å². The molecule has 1 heterocycles. The third kappa shape index (κ3) is 4.30. The van der Waals surface area contributed by atoms with E-state index in [1.807, 2.05) is 30.3 Å². The SMILES string of the molecule is CC(OC(=O)Cc1coc2ccc3ccccc3c12)C(=O)Nc1ccccc1C(F)(F)F. The molecule has 0 aliphatic rings. The van der Waals surface area contributed by atoms with Crippen molar-refractivity contribution in [2.24, 2.45) is 0 Å². The van der Waals surface area contributed by atoms with E-state index in [1.54, 1.807) is 6.07 Å². The van der Waals surface area contributed by atoms with E-state index in [9.17, 15) is 22.8 Å². The molecular formula is C24H18F3NO4. The molecule has 4 rings (SSSR count). The molecule has 0 spiro atoms. The number of hydrogen-bond donors (Lipinski definition) is 1. The fraction of sp³-hybridized carbons (Fsp3) is 0.167. The van der Waals surface area contributed by atoms with E-state index in [1.165, 1.54) is 25.3 Å². The van der Waals surface area contributed by atoms with Gasteiger partial charge in [-0.05, 0) is 35.9 Å². The zero-order chi connectivity index (χ0) is 22.9. The number of carbonyl (C=O) groups excluding carboxylic acids is 2. The van der Waals surface area contributed by atoms with Crippen molar-refractivity contribution in [2.75, 3.05) is 5.32 Å². The van der Waals surface area contributed by atoms with Crippen LogP contribution in [0.15, 0.2) is 71.3 Å². The minimum absolute atomic E-state index is 0.155. The first-order valence-corrected chi connectivity index (χ1v) is 9.78. The van der Waals surface area contributed by atoms with Crippen molar-refractivity contribution in [2.45, 2.75) is 25.6 Å². The van der Waals surface area contributed by atoms with Crippen LogP contribution in [0.1, 0.15) is 18.1 Å². The first-order valence-electron chi connectivity index (χ1n) is 9.78. The third-order valence-electron chi connectivity index (χ3n) is 5.04. The second-order valence-corrected chi connectivity index (χ2v) is 7.26. The smallest absolute Gasteiger partial charge is 0.418 e. The number of fused-ring (bicyclic) bond motifs is 3. The van der Waals surface area contributed by atoms with Gasteiger partial charge in [0.05, 0.1) is 23.9 Å². The number of carbonyl (C=O) groups is 2. The van der Waals surface area contributed by atoms with Crippen LogP contribution in [-0.2, 0) is 26.9 Å². The average molecular weight is 441 g/mol. The molecule has 0 saturated heterocycles. The van der Waals surface area contributed by atoms with Crippen molar-refractivity contribution >= 4 is 39.3 Å². The molecule has 0 bridgehead atoms. The fourth-order valence-electron chi connectivity index (χ4n) is 3.53. The Balaban J connectivity index is 1.47. The number of benzene rings is 3. The number of alkyl halides is 3. The summed E-state index contributed by atoms with van der Waals surface area (Å²) in [7, 11) is 0. The number of rotatable bonds is 5. The van der Waals surface area contributed by atoms with Gasteiger partial charge in [0.25, 0.3) is 5.91 Å². The van der Waals surface area contributed by atoms with E-state index in [-0.39, 0.29) is 6.42 Å². The van der Waals surface area contributed by atoms with Crippen LogP contribution < -0.4 is 5.32 Å². The van der Waals surface area contributed by atoms with Gasteiger partial charge in [-0.15, -0.1) is 0 Å². The summed E-state index contributed by atoms with van der Waals surface area (Å²) in [5.41, 5.74) is -0.179. The molecule has 0 fully saturated rings. The van der Waals surface area contributed by atoms with Crippen LogP contribution in [0.3, 0.4) is 0 Å². The first kappa shape index (κ1) is 21.4. The van der Waals surface area contributed by atoms with Crippen LogP contribution in [0.4, 0.5) is 18.9 Å². The van der Waals surface area contributed by atoms with Crippen molar-refractivity contribution < 1.29 is 31.9 Å². The summed E-state index contributed by atoms with van der Waals surface area (Å²) in [5.74, 6) is -1.56. The molecule has 1 aromatic heterocycles. The molecule has 1 N–H and O–H groups in total. The number of esters is 1. The number of ether oxygens (including phenoxy) is 1. The number of nitrogens with one attached hydrogen (secondary N) is 1. The number of para-hydroxylation sites is 1. The Morgan fingerprint density at radius 2 is 1.75 bits per heavy atom. The van der Waals surface area contributed by atoms with Gasteiger partial charge in [0.2, 0.25) is 0 Å². The normalized spacial score (nSPS) is 12.6. The van der Waals surface area contributed by atoms with E-state index in [2.05, 4.69) is 5.32 Å². The van der Waals surface area contributed by atoms with E-state index < -0.39 is 35.4 Å². The van der Waals surface area contributed by atoms with Gasteiger partial charge in [-0.1, -0.05) is 42.5 Å². The molecule has 0 aliphatic heterocycles. The van der Waals surface area contributed by atoms with Crippen LogP contribution in [0.25, 0.3) is 21.7 Å². The van der Waals surface area contributed by atoms with Crippen molar-refractivity contribution in [1.29, 1.82) is 0 Å². The molecule has 32 heavy (non-hydrogen) atoms. The zero-order valence-corrected chi connectivity index (χ0v) is 16.9. The van der Waals surface area contributed by atoms with Gasteiger partial charge in [0, 0.05) is 10.9 Å².